The van der Waals surface area contributed by atoms with Crippen LogP contribution < -0.4 is 10.6 Å². The second-order valence-electron chi connectivity index (χ2n) is 3.87. The molecule has 0 radical (unpaired) electrons. The Labute approximate surface area is 109 Å². The molecule has 2 amide bonds. The number of hydrogen-bond acceptors (Lipinski definition) is 4. The number of aryl methyl sites for hydroxylation is 1. The van der Waals surface area contributed by atoms with E-state index in [2.05, 4.69) is 21.9 Å². The molecule has 2 aromatic heterocycles. The second kappa shape index (κ2) is 6.20. The van der Waals surface area contributed by atoms with Gasteiger partial charge in [0.15, 0.2) is 0 Å². The molecular formula is C12H15N3O2S. The van der Waals surface area contributed by atoms with E-state index in [-0.39, 0.29) is 6.03 Å². The largest absolute Gasteiger partial charge is 0.361 e. The Balaban J connectivity index is 1.63. The van der Waals surface area contributed by atoms with Crippen LogP contribution in [0.4, 0.5) is 4.79 Å². The van der Waals surface area contributed by atoms with Crippen molar-refractivity contribution in [2.45, 2.75) is 19.9 Å². The Bertz CT molecular complexity index is 493. The van der Waals surface area contributed by atoms with Gasteiger partial charge in [-0.05, 0) is 24.8 Å². The van der Waals surface area contributed by atoms with Gasteiger partial charge in [-0.25, -0.2) is 4.79 Å². The molecule has 0 fully saturated rings. The van der Waals surface area contributed by atoms with Crippen LogP contribution in [0.15, 0.2) is 28.1 Å². The highest BCUT2D eigenvalue weighted by Gasteiger charge is 2.03. The molecule has 0 atom stereocenters. The lowest BCUT2D eigenvalue weighted by Crippen LogP contribution is -2.36. The molecule has 0 aromatic carbocycles. The second-order valence-corrected chi connectivity index (χ2v) is 4.90. The summed E-state index contributed by atoms with van der Waals surface area (Å²) >= 11 is 1.69. The predicted molar refractivity (Wildman–Crippen MR) is 69.5 cm³/mol. The summed E-state index contributed by atoms with van der Waals surface area (Å²) in [7, 11) is 0. The van der Waals surface area contributed by atoms with E-state index in [1.807, 2.05) is 18.4 Å². The highest BCUT2D eigenvalue weighted by Crippen LogP contribution is 2.07. The van der Waals surface area contributed by atoms with Gasteiger partial charge in [0, 0.05) is 17.5 Å². The summed E-state index contributed by atoms with van der Waals surface area (Å²) in [5.41, 5.74) is 0.723. The van der Waals surface area contributed by atoms with Crippen molar-refractivity contribution in [1.82, 2.24) is 15.8 Å². The van der Waals surface area contributed by atoms with Gasteiger partial charge in [-0.1, -0.05) is 11.2 Å². The minimum absolute atomic E-state index is 0.188. The van der Waals surface area contributed by atoms with Crippen molar-refractivity contribution in [3.8, 4) is 0 Å². The first-order valence-electron chi connectivity index (χ1n) is 5.70. The van der Waals surface area contributed by atoms with Crippen LogP contribution in [0, 0.1) is 6.92 Å². The van der Waals surface area contributed by atoms with E-state index in [0.717, 1.165) is 17.9 Å². The van der Waals surface area contributed by atoms with Crippen molar-refractivity contribution >= 4 is 17.4 Å². The van der Waals surface area contributed by atoms with E-state index >= 15 is 0 Å². The fourth-order valence-corrected chi connectivity index (χ4v) is 2.20. The highest BCUT2D eigenvalue weighted by molar-refractivity contribution is 7.09. The molecule has 0 aliphatic rings. The number of nitrogens with zero attached hydrogens (tertiary/aromatic N) is 1. The maximum absolute atomic E-state index is 11.5. The summed E-state index contributed by atoms with van der Waals surface area (Å²) in [6, 6.07) is 5.67. The third-order valence-electron chi connectivity index (χ3n) is 2.34. The molecule has 0 bridgehead atoms. The van der Waals surface area contributed by atoms with E-state index in [9.17, 15) is 4.79 Å². The zero-order valence-electron chi connectivity index (χ0n) is 10.1. The normalized spacial score (nSPS) is 10.3. The quantitative estimate of drug-likeness (QED) is 0.869. The SMILES string of the molecule is Cc1cc(CNC(=O)NCCc2cccs2)no1. The third-order valence-corrected chi connectivity index (χ3v) is 3.28. The number of nitrogens with one attached hydrogen (secondary N) is 2. The van der Waals surface area contributed by atoms with Gasteiger partial charge in [-0.3, -0.25) is 0 Å². The fourth-order valence-electron chi connectivity index (χ4n) is 1.49. The zero-order chi connectivity index (χ0) is 12.8. The number of carbonyl (C=O) groups is 1. The van der Waals surface area contributed by atoms with E-state index in [1.54, 1.807) is 17.4 Å². The molecule has 0 saturated heterocycles. The molecule has 18 heavy (non-hydrogen) atoms. The van der Waals surface area contributed by atoms with Crippen molar-refractivity contribution in [3.05, 3.63) is 39.9 Å². The van der Waals surface area contributed by atoms with E-state index < -0.39 is 0 Å². The lowest BCUT2D eigenvalue weighted by Gasteiger charge is -2.05. The smallest absolute Gasteiger partial charge is 0.315 e. The Morgan fingerprint density at radius 1 is 1.50 bits per heavy atom. The number of urea groups is 1. The van der Waals surface area contributed by atoms with E-state index in [0.29, 0.717) is 13.1 Å². The van der Waals surface area contributed by atoms with Gasteiger partial charge in [-0.15, -0.1) is 11.3 Å². The van der Waals surface area contributed by atoms with Gasteiger partial charge in [0.05, 0.1) is 6.54 Å². The Morgan fingerprint density at radius 3 is 3.06 bits per heavy atom. The van der Waals surface area contributed by atoms with Crippen LogP contribution in [0.1, 0.15) is 16.3 Å². The summed E-state index contributed by atoms with van der Waals surface area (Å²) in [5.74, 6) is 0.741. The van der Waals surface area contributed by atoms with Crippen molar-refractivity contribution in [1.29, 1.82) is 0 Å². The summed E-state index contributed by atoms with van der Waals surface area (Å²) in [4.78, 5) is 12.7. The topological polar surface area (TPSA) is 67.2 Å². The van der Waals surface area contributed by atoms with Crippen LogP contribution in [0.2, 0.25) is 0 Å². The molecule has 2 aromatic rings. The molecule has 2 N–H and O–H groups in total. The van der Waals surface area contributed by atoms with Crippen LogP contribution in [0.5, 0.6) is 0 Å². The third kappa shape index (κ3) is 3.89. The van der Waals surface area contributed by atoms with E-state index in [4.69, 9.17) is 4.52 Å². The Kier molecular flexibility index (Phi) is 4.35. The molecule has 5 nitrogen and oxygen atoms in total. The summed E-state index contributed by atoms with van der Waals surface area (Å²) in [6.07, 6.45) is 0.855. The highest BCUT2D eigenvalue weighted by atomic mass is 32.1. The minimum atomic E-state index is -0.188. The van der Waals surface area contributed by atoms with E-state index in [1.165, 1.54) is 4.88 Å². The molecule has 6 heteroatoms. The lowest BCUT2D eigenvalue weighted by molar-refractivity contribution is 0.240. The average molecular weight is 265 g/mol. The van der Waals surface area contributed by atoms with Gasteiger partial charge < -0.3 is 15.2 Å². The summed E-state index contributed by atoms with van der Waals surface area (Å²) < 4.78 is 4.91. The number of amides is 2. The fraction of sp³-hybridized carbons (Fsp3) is 0.333. The zero-order valence-corrected chi connectivity index (χ0v) is 10.9. The number of thiophene rings is 1. The summed E-state index contributed by atoms with van der Waals surface area (Å²) in [6.45, 7) is 2.82. The molecule has 0 aliphatic carbocycles. The first-order valence-corrected chi connectivity index (χ1v) is 6.58. The standard InChI is InChI=1S/C12H15N3O2S/c1-9-7-10(15-17-9)8-14-12(16)13-5-4-11-3-2-6-18-11/h2-3,6-7H,4-5,8H2,1H3,(H2,13,14,16). The number of aromatic nitrogens is 1. The van der Waals surface area contributed by atoms with Gasteiger partial charge >= 0.3 is 6.03 Å². The Morgan fingerprint density at radius 2 is 2.39 bits per heavy atom. The molecule has 2 rings (SSSR count). The molecule has 96 valence electrons. The van der Waals surface area contributed by atoms with Crippen LogP contribution in [-0.2, 0) is 13.0 Å². The maximum atomic E-state index is 11.5. The van der Waals surface area contributed by atoms with Crippen molar-refractivity contribution in [2.75, 3.05) is 6.54 Å². The average Bonchev–Trinajstić information content (AvgIpc) is 2.98. The molecule has 0 saturated carbocycles. The van der Waals surface area contributed by atoms with Crippen LogP contribution in [0.25, 0.3) is 0 Å². The number of rotatable bonds is 5. The van der Waals surface area contributed by atoms with Gasteiger partial charge in [0.2, 0.25) is 0 Å². The minimum Gasteiger partial charge on any atom is -0.361 e. The van der Waals surface area contributed by atoms with Crippen molar-refractivity contribution in [3.63, 3.8) is 0 Å². The molecule has 0 aliphatic heterocycles. The Hall–Kier alpha value is -1.82. The lowest BCUT2D eigenvalue weighted by atomic mass is 10.3. The molecular weight excluding hydrogens is 250 g/mol. The van der Waals surface area contributed by atoms with Crippen molar-refractivity contribution < 1.29 is 9.32 Å². The molecule has 0 unspecified atom stereocenters. The summed E-state index contributed by atoms with van der Waals surface area (Å²) in [5, 5.41) is 11.3. The monoisotopic (exact) mass is 265 g/mol. The van der Waals surface area contributed by atoms with Gasteiger partial charge in [0.1, 0.15) is 11.5 Å². The van der Waals surface area contributed by atoms with Crippen LogP contribution in [-0.4, -0.2) is 17.7 Å². The maximum Gasteiger partial charge on any atom is 0.315 e. The first-order chi connectivity index (χ1) is 8.74. The predicted octanol–water partition coefficient (Wildman–Crippen LogP) is 2.09. The van der Waals surface area contributed by atoms with Gasteiger partial charge in [-0.2, -0.15) is 0 Å². The first kappa shape index (κ1) is 12.6. The molecule has 0 spiro atoms. The van der Waals surface area contributed by atoms with Crippen molar-refractivity contribution in [2.24, 2.45) is 0 Å². The number of carbonyl (C=O) groups excluding carboxylic acids is 1. The van der Waals surface area contributed by atoms with Crippen LogP contribution in [0.3, 0.4) is 0 Å². The number of hydrogen-bond donors (Lipinski definition) is 2. The molecule has 2 heterocycles. The van der Waals surface area contributed by atoms with Crippen LogP contribution >= 0.6 is 11.3 Å². The van der Waals surface area contributed by atoms with Gasteiger partial charge in [0.25, 0.3) is 0 Å².